The van der Waals surface area contributed by atoms with E-state index in [1.165, 1.54) is 4.88 Å². The van der Waals surface area contributed by atoms with Gasteiger partial charge in [-0.1, -0.05) is 0 Å². The maximum Gasteiger partial charge on any atom is 0.224 e. The molecule has 10 nitrogen and oxygen atoms in total. The summed E-state index contributed by atoms with van der Waals surface area (Å²) in [5, 5.41) is 14.0. The van der Waals surface area contributed by atoms with Crippen molar-refractivity contribution in [2.24, 2.45) is 5.92 Å². The highest BCUT2D eigenvalue weighted by atomic mass is 32.1. The Kier molecular flexibility index (Phi) is 6.29. The smallest absolute Gasteiger partial charge is 0.224 e. The molecule has 200 valence electrons. The number of amides is 1. The summed E-state index contributed by atoms with van der Waals surface area (Å²) in [6.07, 6.45) is 7.78. The summed E-state index contributed by atoms with van der Waals surface area (Å²) < 4.78 is 0. The Bertz CT molecular complexity index is 1850. The zero-order valence-corrected chi connectivity index (χ0v) is 22.7. The normalized spacial score (nSPS) is 14.2. The van der Waals surface area contributed by atoms with Crippen LogP contribution >= 0.6 is 11.3 Å². The molecule has 4 N–H and O–H groups in total. The number of carbonyl (C=O) groups is 1. The molecule has 40 heavy (non-hydrogen) atoms. The second kappa shape index (κ2) is 10.2. The van der Waals surface area contributed by atoms with E-state index >= 15 is 0 Å². The minimum atomic E-state index is 0.0165. The minimum absolute atomic E-state index is 0.0165. The third-order valence-electron chi connectivity index (χ3n) is 7.26. The molecule has 1 saturated heterocycles. The fraction of sp³-hybridized carbons (Fsp3) is 0.241. The van der Waals surface area contributed by atoms with Gasteiger partial charge in [0.25, 0.3) is 0 Å². The molecule has 0 aromatic carbocycles. The molecule has 0 spiro atoms. The lowest BCUT2D eigenvalue weighted by Gasteiger charge is -2.21. The predicted octanol–water partition coefficient (Wildman–Crippen LogP) is 5.32. The number of fused-ring (bicyclic) bond motifs is 2. The Morgan fingerprint density at radius 2 is 1.90 bits per heavy atom. The first-order chi connectivity index (χ1) is 19.6. The lowest BCUT2D eigenvalue weighted by molar-refractivity contribution is -0.117. The zero-order chi connectivity index (χ0) is 27.1. The van der Waals surface area contributed by atoms with Crippen molar-refractivity contribution in [3.63, 3.8) is 0 Å². The van der Waals surface area contributed by atoms with E-state index in [9.17, 15) is 4.79 Å². The van der Waals surface area contributed by atoms with Gasteiger partial charge in [-0.3, -0.25) is 19.9 Å². The number of rotatable bonds is 6. The van der Waals surface area contributed by atoms with Gasteiger partial charge in [-0.15, -0.1) is 11.3 Å². The predicted molar refractivity (Wildman–Crippen MR) is 157 cm³/mol. The van der Waals surface area contributed by atoms with Crippen molar-refractivity contribution in [2.75, 3.05) is 18.4 Å². The number of aryl methyl sites for hydroxylation is 1. The van der Waals surface area contributed by atoms with E-state index < -0.39 is 0 Å². The first-order valence-corrected chi connectivity index (χ1v) is 14.2. The maximum absolute atomic E-state index is 12.7. The molecule has 0 bridgehead atoms. The largest absolute Gasteiger partial charge is 0.336 e. The van der Waals surface area contributed by atoms with E-state index in [0.29, 0.717) is 35.1 Å². The molecule has 1 aliphatic rings. The van der Waals surface area contributed by atoms with Crippen LogP contribution in [0.25, 0.3) is 55.4 Å². The molecular weight excluding hydrogens is 522 g/mol. The number of piperidine rings is 1. The molecule has 1 fully saturated rings. The Balaban J connectivity index is 1.19. The van der Waals surface area contributed by atoms with Crippen molar-refractivity contribution in [1.29, 1.82) is 0 Å². The van der Waals surface area contributed by atoms with Gasteiger partial charge in [0, 0.05) is 29.3 Å². The van der Waals surface area contributed by atoms with Gasteiger partial charge in [0.2, 0.25) is 5.91 Å². The van der Waals surface area contributed by atoms with E-state index in [1.807, 2.05) is 24.3 Å². The van der Waals surface area contributed by atoms with Crippen molar-refractivity contribution >= 4 is 45.0 Å². The Morgan fingerprint density at radius 3 is 2.75 bits per heavy atom. The molecule has 0 aliphatic carbocycles. The van der Waals surface area contributed by atoms with Crippen molar-refractivity contribution in [2.45, 2.75) is 26.2 Å². The highest BCUT2D eigenvalue weighted by Crippen LogP contribution is 2.33. The number of nitrogens with zero attached hydrogens (tertiary/aromatic N) is 5. The number of pyridine rings is 3. The summed E-state index contributed by atoms with van der Waals surface area (Å²) >= 11 is 1.69. The average Bonchev–Trinajstić information content (AvgIpc) is 3.71. The van der Waals surface area contributed by atoms with E-state index in [2.05, 4.69) is 54.8 Å². The van der Waals surface area contributed by atoms with Crippen LogP contribution in [0.15, 0.2) is 55.0 Å². The van der Waals surface area contributed by atoms with Gasteiger partial charge in [-0.2, -0.15) is 5.10 Å². The molecule has 6 aromatic heterocycles. The zero-order valence-electron chi connectivity index (χ0n) is 21.9. The SMILES string of the molecule is Cc1ccc(-c2nccc3[nH]c(-c4n[nH]c5ccc(-c6cncc(NC(=O)CC7CCNCC7)c6)nc45)nc23)s1. The molecule has 0 saturated carbocycles. The molecular formula is C29H27N9OS. The van der Waals surface area contributed by atoms with Crippen LogP contribution in [0.3, 0.4) is 0 Å². The standard InChI is InChI=1S/C29H27N9OS/c1-16-2-5-23(40-16)27-25-21(8-11-32-27)35-29(36-25)28-26-22(37-38-28)4-3-20(34-26)18-13-19(15-31-14-18)33-24(39)12-17-6-9-30-10-7-17/h2-5,8,11,13-15,17,30H,6-7,9-10,12H2,1H3,(H,33,39)(H,35,36)(H,37,38). The van der Waals surface area contributed by atoms with Gasteiger partial charge in [-0.25, -0.2) is 9.97 Å². The van der Waals surface area contributed by atoms with Crippen molar-refractivity contribution < 1.29 is 4.79 Å². The third-order valence-corrected chi connectivity index (χ3v) is 8.26. The summed E-state index contributed by atoms with van der Waals surface area (Å²) in [6, 6.07) is 11.8. The van der Waals surface area contributed by atoms with E-state index in [0.717, 1.165) is 64.3 Å². The minimum Gasteiger partial charge on any atom is -0.336 e. The molecule has 7 rings (SSSR count). The monoisotopic (exact) mass is 549 g/mol. The molecule has 11 heteroatoms. The third kappa shape index (κ3) is 4.74. The van der Waals surface area contributed by atoms with Crippen molar-refractivity contribution in [1.82, 2.24) is 40.4 Å². The molecule has 0 unspecified atom stereocenters. The number of anilines is 1. The molecule has 6 aromatic rings. The van der Waals surface area contributed by atoms with Gasteiger partial charge < -0.3 is 15.6 Å². The fourth-order valence-corrected chi connectivity index (χ4v) is 6.09. The van der Waals surface area contributed by atoms with Gasteiger partial charge in [0.1, 0.15) is 16.7 Å². The van der Waals surface area contributed by atoms with Gasteiger partial charge >= 0.3 is 0 Å². The fourth-order valence-electron chi connectivity index (χ4n) is 5.22. The Hall–Kier alpha value is -4.48. The molecule has 1 aliphatic heterocycles. The number of hydrogen-bond acceptors (Lipinski definition) is 8. The second-order valence-electron chi connectivity index (χ2n) is 10.1. The summed E-state index contributed by atoms with van der Waals surface area (Å²) in [6.45, 7) is 4.02. The molecule has 1 amide bonds. The van der Waals surface area contributed by atoms with Crippen molar-refractivity contribution in [3.05, 3.63) is 59.9 Å². The molecule has 0 atom stereocenters. The van der Waals surface area contributed by atoms with Gasteiger partial charge in [0.15, 0.2) is 11.5 Å². The van der Waals surface area contributed by atoms with Crippen molar-refractivity contribution in [3.8, 4) is 33.3 Å². The number of hydrogen-bond donors (Lipinski definition) is 4. The maximum atomic E-state index is 12.7. The second-order valence-corrected chi connectivity index (χ2v) is 11.4. The highest BCUT2D eigenvalue weighted by molar-refractivity contribution is 7.15. The molecule has 0 radical (unpaired) electrons. The quantitative estimate of drug-likeness (QED) is 0.221. The Morgan fingerprint density at radius 1 is 1.02 bits per heavy atom. The average molecular weight is 550 g/mol. The number of carbonyl (C=O) groups excluding carboxylic acids is 1. The number of imidazole rings is 1. The first kappa shape index (κ1) is 24.6. The van der Waals surface area contributed by atoms with E-state index in [1.54, 1.807) is 29.9 Å². The number of H-pyrrole nitrogens is 2. The van der Waals surface area contributed by atoms with Crippen LogP contribution in [0.4, 0.5) is 5.69 Å². The first-order valence-electron chi connectivity index (χ1n) is 13.3. The Labute approximate surface area is 233 Å². The van der Waals surface area contributed by atoms with Gasteiger partial charge in [0.05, 0.1) is 33.5 Å². The van der Waals surface area contributed by atoms with Crippen LogP contribution in [0.5, 0.6) is 0 Å². The van der Waals surface area contributed by atoms with Crippen LogP contribution in [0, 0.1) is 12.8 Å². The summed E-state index contributed by atoms with van der Waals surface area (Å²) in [5.74, 6) is 1.05. The highest BCUT2D eigenvalue weighted by Gasteiger charge is 2.19. The van der Waals surface area contributed by atoms with Crippen LogP contribution in [0.1, 0.15) is 24.1 Å². The lowest BCUT2D eigenvalue weighted by atomic mass is 9.94. The summed E-state index contributed by atoms with van der Waals surface area (Å²) in [7, 11) is 0. The molecule has 7 heterocycles. The van der Waals surface area contributed by atoms with Crippen LogP contribution < -0.4 is 10.6 Å². The number of thiophene rings is 1. The van der Waals surface area contributed by atoms with Crippen LogP contribution in [0.2, 0.25) is 0 Å². The number of aromatic nitrogens is 7. The van der Waals surface area contributed by atoms with E-state index in [-0.39, 0.29) is 5.91 Å². The summed E-state index contributed by atoms with van der Waals surface area (Å²) in [4.78, 5) is 37.1. The van der Waals surface area contributed by atoms with Gasteiger partial charge in [-0.05, 0) is 75.2 Å². The lowest BCUT2D eigenvalue weighted by Crippen LogP contribution is -2.30. The number of aromatic amines is 2. The van der Waals surface area contributed by atoms with E-state index in [4.69, 9.17) is 9.97 Å². The topological polar surface area (TPSA) is 137 Å². The number of nitrogens with one attached hydrogen (secondary N) is 4. The van der Waals surface area contributed by atoms with Crippen LogP contribution in [-0.4, -0.2) is 54.1 Å². The van der Waals surface area contributed by atoms with Crippen LogP contribution in [-0.2, 0) is 4.79 Å². The summed E-state index contributed by atoms with van der Waals surface area (Å²) in [5.41, 5.74) is 6.83.